The van der Waals surface area contributed by atoms with Crippen molar-refractivity contribution in [3.05, 3.63) is 41.7 Å². The van der Waals surface area contributed by atoms with Crippen molar-refractivity contribution in [3.63, 3.8) is 0 Å². The summed E-state index contributed by atoms with van der Waals surface area (Å²) >= 11 is 6.29. The van der Waals surface area contributed by atoms with E-state index >= 15 is 0 Å². The van der Waals surface area contributed by atoms with Crippen molar-refractivity contribution in [2.45, 2.75) is 20.0 Å². The van der Waals surface area contributed by atoms with E-state index in [0.717, 1.165) is 5.30 Å². The Kier molecular flexibility index (Phi) is 6.40. The Balaban J connectivity index is 2.25. The van der Waals surface area contributed by atoms with E-state index in [1.54, 1.807) is 51.3 Å². The number of ether oxygens (including phenoxy) is 3. The van der Waals surface area contributed by atoms with Gasteiger partial charge in [0.25, 0.3) is 0 Å². The molecule has 2 aromatic carbocycles. The number of carbonyl (C=O) groups is 1. The van der Waals surface area contributed by atoms with Crippen LogP contribution in [0.1, 0.15) is 13.8 Å². The number of amides is 1. The number of anilines is 2. The highest BCUT2D eigenvalue weighted by Crippen LogP contribution is 2.37. The summed E-state index contributed by atoms with van der Waals surface area (Å²) in [5.41, 5.74) is 1.10. The van der Waals surface area contributed by atoms with Crippen molar-refractivity contribution in [1.82, 2.24) is 9.97 Å². The molecule has 0 aliphatic heterocycles. The number of hydrogen-bond acceptors (Lipinski definition) is 6. The molecule has 1 atom stereocenters. The van der Waals surface area contributed by atoms with E-state index < -0.39 is 6.09 Å². The van der Waals surface area contributed by atoms with Gasteiger partial charge < -0.3 is 14.2 Å². The molecule has 9 heteroatoms. The highest BCUT2D eigenvalue weighted by Gasteiger charge is 2.25. The second-order valence-electron chi connectivity index (χ2n) is 6.40. The van der Waals surface area contributed by atoms with E-state index in [1.165, 1.54) is 18.3 Å². The lowest BCUT2D eigenvalue weighted by atomic mass is 10.2. The highest BCUT2D eigenvalue weighted by atomic mass is 35.5. The lowest BCUT2D eigenvalue weighted by Gasteiger charge is -2.24. The third-order valence-electron chi connectivity index (χ3n) is 4.09. The molecule has 29 heavy (non-hydrogen) atoms. The Bertz CT molecular complexity index is 1060. The number of hydrogen-bond donors (Lipinski definition) is 0. The minimum Gasteiger partial charge on any atom is -0.493 e. The van der Waals surface area contributed by atoms with Crippen LogP contribution in [0.4, 0.5) is 16.3 Å². The van der Waals surface area contributed by atoms with Crippen LogP contribution in [-0.4, -0.2) is 36.4 Å². The van der Waals surface area contributed by atoms with Gasteiger partial charge in [0.15, 0.2) is 17.3 Å². The van der Waals surface area contributed by atoms with E-state index in [0.29, 0.717) is 38.9 Å². The third kappa shape index (κ3) is 4.36. The molecule has 0 N–H and O–H groups in total. The van der Waals surface area contributed by atoms with Crippen LogP contribution in [0.5, 0.6) is 11.5 Å². The predicted octanol–water partition coefficient (Wildman–Crippen LogP) is 4.48. The van der Waals surface area contributed by atoms with Gasteiger partial charge >= 0.3 is 6.09 Å². The first-order valence-corrected chi connectivity index (χ1v) is 9.73. The van der Waals surface area contributed by atoms with Gasteiger partial charge in [-0.15, -0.1) is 9.24 Å². The summed E-state index contributed by atoms with van der Waals surface area (Å²) in [6.45, 7) is 3.56. The first-order valence-electron chi connectivity index (χ1n) is 8.78. The lowest BCUT2D eigenvalue weighted by molar-refractivity contribution is 0.125. The average molecular weight is 434 g/mol. The number of rotatable bonds is 5. The monoisotopic (exact) mass is 433 g/mol. The first-order chi connectivity index (χ1) is 13.8. The van der Waals surface area contributed by atoms with E-state index in [4.69, 9.17) is 25.8 Å². The largest absolute Gasteiger partial charge is 0.493 e. The Morgan fingerprint density at radius 2 is 1.79 bits per heavy atom. The molecule has 0 fully saturated rings. The first kappa shape index (κ1) is 21.1. The summed E-state index contributed by atoms with van der Waals surface area (Å²) in [7, 11) is 5.63. The summed E-state index contributed by atoms with van der Waals surface area (Å²) in [4.78, 5) is 23.0. The molecule has 152 valence electrons. The molecule has 1 aromatic heterocycles. The number of nitrogens with zero attached hydrogens (tertiary/aromatic N) is 3. The fourth-order valence-electron chi connectivity index (χ4n) is 2.77. The quantitative estimate of drug-likeness (QED) is 0.552. The van der Waals surface area contributed by atoms with Crippen LogP contribution in [0.15, 0.2) is 36.7 Å². The third-order valence-corrected chi connectivity index (χ3v) is 5.11. The number of benzene rings is 2. The Morgan fingerprint density at radius 1 is 1.10 bits per heavy atom. The van der Waals surface area contributed by atoms with Gasteiger partial charge in [0, 0.05) is 16.5 Å². The summed E-state index contributed by atoms with van der Waals surface area (Å²) in [5, 5.41) is 1.90. The van der Waals surface area contributed by atoms with Crippen LogP contribution in [-0.2, 0) is 4.74 Å². The maximum Gasteiger partial charge on any atom is 0.420 e. The van der Waals surface area contributed by atoms with Crippen molar-refractivity contribution in [1.29, 1.82) is 0 Å². The number of carbonyl (C=O) groups excluding carboxylic acids is 1. The zero-order chi connectivity index (χ0) is 21.1. The average Bonchev–Trinajstić information content (AvgIpc) is 2.69. The second kappa shape index (κ2) is 8.80. The van der Waals surface area contributed by atoms with Crippen molar-refractivity contribution in [3.8, 4) is 11.5 Å². The Labute approximate surface area is 176 Å². The molecule has 0 bridgehead atoms. The zero-order valence-electron chi connectivity index (χ0n) is 16.5. The van der Waals surface area contributed by atoms with Gasteiger partial charge in [0.2, 0.25) is 0 Å². The molecule has 0 saturated carbocycles. The number of fused-ring (bicyclic) bond motifs is 1. The molecule has 3 aromatic rings. The molecular weight excluding hydrogens is 413 g/mol. The normalized spacial score (nSPS) is 10.9. The number of aromatic nitrogens is 2. The molecule has 1 heterocycles. The smallest absolute Gasteiger partial charge is 0.420 e. The summed E-state index contributed by atoms with van der Waals surface area (Å²) in [6, 6.07) is 8.70. The van der Waals surface area contributed by atoms with Crippen molar-refractivity contribution >= 4 is 54.6 Å². The van der Waals surface area contributed by atoms with Crippen molar-refractivity contribution < 1.29 is 19.0 Å². The van der Waals surface area contributed by atoms with Gasteiger partial charge in [-0.3, -0.25) is 0 Å². The van der Waals surface area contributed by atoms with Gasteiger partial charge in [-0.2, -0.15) is 0 Å². The Morgan fingerprint density at radius 3 is 2.41 bits per heavy atom. The van der Waals surface area contributed by atoms with E-state index in [1.807, 2.05) is 0 Å². The van der Waals surface area contributed by atoms with Crippen LogP contribution in [0.3, 0.4) is 0 Å². The summed E-state index contributed by atoms with van der Waals surface area (Å²) in [6.07, 6.45) is 0.483. The molecule has 0 radical (unpaired) electrons. The Hall–Kier alpha value is -2.63. The minimum atomic E-state index is -0.581. The number of methoxy groups -OCH3 is 2. The molecule has 3 rings (SSSR count). The van der Waals surface area contributed by atoms with Gasteiger partial charge in [-0.05, 0) is 37.4 Å². The second-order valence-corrected chi connectivity index (χ2v) is 7.42. The van der Waals surface area contributed by atoms with Crippen LogP contribution >= 0.6 is 20.8 Å². The van der Waals surface area contributed by atoms with Crippen LogP contribution < -0.4 is 19.7 Å². The molecule has 1 unspecified atom stereocenters. The van der Waals surface area contributed by atoms with Gasteiger partial charge in [-0.25, -0.2) is 19.7 Å². The zero-order valence-corrected chi connectivity index (χ0v) is 18.4. The standard InChI is InChI=1S/C20H21ClN3O4P/c1-11(2)28-20(25)24(12-5-6-18(29)14(21)7-12)19-13-8-16(26-3)17(27-4)9-15(13)22-10-23-19/h5-11H,29H2,1-4H3. The van der Waals surface area contributed by atoms with Crippen LogP contribution in [0.2, 0.25) is 5.02 Å². The fourth-order valence-corrected chi connectivity index (χ4v) is 3.13. The minimum absolute atomic E-state index is 0.316. The van der Waals surface area contributed by atoms with Gasteiger partial charge in [0.05, 0.1) is 31.5 Å². The van der Waals surface area contributed by atoms with Gasteiger partial charge in [0.1, 0.15) is 6.33 Å². The summed E-state index contributed by atoms with van der Waals surface area (Å²) in [5.74, 6) is 1.36. The van der Waals surface area contributed by atoms with Crippen LogP contribution in [0.25, 0.3) is 10.9 Å². The van der Waals surface area contributed by atoms with E-state index in [9.17, 15) is 4.79 Å². The molecule has 7 nitrogen and oxygen atoms in total. The van der Waals surface area contributed by atoms with Gasteiger partial charge in [-0.1, -0.05) is 17.7 Å². The molecule has 1 amide bonds. The SMILES string of the molecule is COc1cc2ncnc(N(C(=O)OC(C)C)c3ccc(P)c(Cl)c3)c2cc1OC. The summed E-state index contributed by atoms with van der Waals surface area (Å²) < 4.78 is 16.2. The molecule has 0 spiro atoms. The predicted molar refractivity (Wildman–Crippen MR) is 117 cm³/mol. The van der Waals surface area contributed by atoms with Crippen LogP contribution in [0, 0.1) is 0 Å². The van der Waals surface area contributed by atoms with Crippen molar-refractivity contribution in [2.24, 2.45) is 0 Å². The van der Waals surface area contributed by atoms with E-state index in [2.05, 4.69) is 19.2 Å². The van der Waals surface area contributed by atoms with E-state index in [-0.39, 0.29) is 6.10 Å². The fraction of sp³-hybridized carbons (Fsp3) is 0.250. The highest BCUT2D eigenvalue weighted by molar-refractivity contribution is 7.28. The maximum absolute atomic E-state index is 13.0. The molecule has 0 saturated heterocycles. The molecular formula is C20H21ClN3O4P. The molecule has 0 aliphatic rings. The topological polar surface area (TPSA) is 73.8 Å². The number of halogens is 1. The maximum atomic E-state index is 13.0. The lowest BCUT2D eigenvalue weighted by Crippen LogP contribution is -2.30. The molecule has 0 aliphatic carbocycles. The van der Waals surface area contributed by atoms with Crippen molar-refractivity contribution in [2.75, 3.05) is 19.1 Å².